The second-order valence-corrected chi connectivity index (χ2v) is 5.34. The second-order valence-electron chi connectivity index (χ2n) is 5.34. The van der Waals surface area contributed by atoms with Crippen LogP contribution >= 0.6 is 0 Å². The van der Waals surface area contributed by atoms with Crippen molar-refractivity contribution in [2.75, 3.05) is 13.2 Å². The lowest BCUT2D eigenvalue weighted by Gasteiger charge is -2.04. The number of esters is 1. The first kappa shape index (κ1) is 16.8. The van der Waals surface area contributed by atoms with E-state index in [1.165, 1.54) is 0 Å². The van der Waals surface area contributed by atoms with Crippen LogP contribution in [0.15, 0.2) is 65.3 Å². The van der Waals surface area contributed by atoms with Gasteiger partial charge in [-0.15, -0.1) is 0 Å². The maximum atomic E-state index is 11.9. The van der Waals surface area contributed by atoms with Gasteiger partial charge in [0, 0.05) is 0 Å². The van der Waals surface area contributed by atoms with Gasteiger partial charge in [0.25, 0.3) is 0 Å². The Hall–Kier alpha value is -3.08. The lowest BCUT2D eigenvalue weighted by atomic mass is 10.2. The van der Waals surface area contributed by atoms with Crippen molar-refractivity contribution in [2.24, 2.45) is 4.99 Å². The summed E-state index contributed by atoms with van der Waals surface area (Å²) in [7, 11) is 0. The Morgan fingerprint density at radius 1 is 1.00 bits per heavy atom. The summed E-state index contributed by atoms with van der Waals surface area (Å²) in [5, 5.41) is 0. The SMILES string of the molecule is CCOc1ccc(/C=C2/N=C(CCOc3ccccc3)OC2=O)cc1. The first-order valence-electron chi connectivity index (χ1n) is 8.17. The summed E-state index contributed by atoms with van der Waals surface area (Å²) in [5.41, 5.74) is 1.15. The zero-order chi connectivity index (χ0) is 17.5. The van der Waals surface area contributed by atoms with Gasteiger partial charge in [0.15, 0.2) is 5.70 Å². The average Bonchev–Trinajstić information content (AvgIpc) is 2.97. The molecule has 0 amide bonds. The summed E-state index contributed by atoms with van der Waals surface area (Å²) in [4.78, 5) is 16.2. The van der Waals surface area contributed by atoms with Gasteiger partial charge in [-0.2, -0.15) is 0 Å². The molecule has 1 aliphatic rings. The van der Waals surface area contributed by atoms with Crippen LogP contribution in [0.25, 0.3) is 6.08 Å². The molecule has 0 spiro atoms. The number of hydrogen-bond donors (Lipinski definition) is 0. The highest BCUT2D eigenvalue weighted by Gasteiger charge is 2.22. The van der Waals surface area contributed by atoms with Gasteiger partial charge in [0.1, 0.15) is 11.5 Å². The molecule has 128 valence electrons. The molecule has 1 aliphatic heterocycles. The van der Waals surface area contributed by atoms with Crippen molar-refractivity contribution >= 4 is 17.9 Å². The number of carbonyl (C=O) groups excluding carboxylic acids is 1. The smallest absolute Gasteiger partial charge is 0.363 e. The largest absolute Gasteiger partial charge is 0.494 e. The molecule has 5 heteroatoms. The van der Waals surface area contributed by atoms with Gasteiger partial charge in [-0.3, -0.25) is 0 Å². The van der Waals surface area contributed by atoms with Gasteiger partial charge in [-0.1, -0.05) is 30.3 Å². The maximum absolute atomic E-state index is 11.9. The Labute approximate surface area is 146 Å². The quantitative estimate of drug-likeness (QED) is 0.569. The van der Waals surface area contributed by atoms with Gasteiger partial charge in [-0.05, 0) is 42.8 Å². The number of cyclic esters (lactones) is 1. The summed E-state index contributed by atoms with van der Waals surface area (Å²) in [6.45, 7) is 2.94. The van der Waals surface area contributed by atoms with E-state index in [4.69, 9.17) is 14.2 Å². The third kappa shape index (κ3) is 4.70. The van der Waals surface area contributed by atoms with E-state index in [0.717, 1.165) is 17.1 Å². The summed E-state index contributed by atoms with van der Waals surface area (Å²) in [6, 6.07) is 16.9. The molecule has 3 rings (SSSR count). The minimum Gasteiger partial charge on any atom is -0.494 e. The Morgan fingerprint density at radius 2 is 1.72 bits per heavy atom. The molecule has 5 nitrogen and oxygen atoms in total. The average molecular weight is 337 g/mol. The van der Waals surface area contributed by atoms with E-state index in [2.05, 4.69) is 4.99 Å². The zero-order valence-corrected chi connectivity index (χ0v) is 14.0. The minimum absolute atomic E-state index is 0.291. The van der Waals surface area contributed by atoms with Crippen molar-refractivity contribution < 1.29 is 19.0 Å². The summed E-state index contributed by atoms with van der Waals surface area (Å²) < 4.78 is 16.2. The topological polar surface area (TPSA) is 57.1 Å². The molecule has 0 saturated heterocycles. The highest BCUT2D eigenvalue weighted by Crippen LogP contribution is 2.19. The predicted molar refractivity (Wildman–Crippen MR) is 95.7 cm³/mol. The number of hydrogen-bond acceptors (Lipinski definition) is 5. The van der Waals surface area contributed by atoms with E-state index < -0.39 is 5.97 Å². The fourth-order valence-corrected chi connectivity index (χ4v) is 2.32. The maximum Gasteiger partial charge on any atom is 0.363 e. The van der Waals surface area contributed by atoms with Crippen molar-refractivity contribution in [3.8, 4) is 11.5 Å². The Balaban J connectivity index is 1.59. The van der Waals surface area contributed by atoms with E-state index in [-0.39, 0.29) is 0 Å². The third-order valence-corrected chi connectivity index (χ3v) is 3.49. The van der Waals surface area contributed by atoms with Crippen LogP contribution in [0.1, 0.15) is 18.9 Å². The standard InChI is InChI=1S/C20H19NO4/c1-2-23-17-10-8-15(9-11-17)14-18-20(22)25-19(21-18)12-13-24-16-6-4-3-5-7-16/h3-11,14H,2,12-13H2,1H3/b18-14+. The lowest BCUT2D eigenvalue weighted by molar-refractivity contribution is -0.130. The van der Waals surface area contributed by atoms with E-state index in [1.807, 2.05) is 61.5 Å². The Bertz CT molecular complexity index is 779. The first-order chi connectivity index (χ1) is 12.2. The Morgan fingerprint density at radius 3 is 2.44 bits per heavy atom. The van der Waals surface area contributed by atoms with Crippen LogP contribution in [-0.4, -0.2) is 25.1 Å². The molecule has 2 aromatic carbocycles. The highest BCUT2D eigenvalue weighted by molar-refractivity contribution is 6.07. The molecule has 0 saturated carbocycles. The van der Waals surface area contributed by atoms with Crippen molar-refractivity contribution in [3.05, 3.63) is 65.9 Å². The molecular weight excluding hydrogens is 318 g/mol. The monoisotopic (exact) mass is 337 g/mol. The second kappa shape index (κ2) is 8.15. The summed E-state index contributed by atoms with van der Waals surface area (Å²) in [5.74, 6) is 1.50. The normalized spacial score (nSPS) is 15.0. The number of para-hydroxylation sites is 1. The van der Waals surface area contributed by atoms with Crippen LogP contribution < -0.4 is 9.47 Å². The van der Waals surface area contributed by atoms with Crippen molar-refractivity contribution in [3.63, 3.8) is 0 Å². The Kier molecular flexibility index (Phi) is 5.46. The van der Waals surface area contributed by atoms with Crippen molar-refractivity contribution in [1.29, 1.82) is 0 Å². The predicted octanol–water partition coefficient (Wildman–Crippen LogP) is 3.85. The number of ether oxygens (including phenoxy) is 3. The number of nitrogens with zero attached hydrogens (tertiary/aromatic N) is 1. The first-order valence-corrected chi connectivity index (χ1v) is 8.17. The van der Waals surface area contributed by atoms with E-state index in [9.17, 15) is 4.79 Å². The third-order valence-electron chi connectivity index (χ3n) is 3.49. The van der Waals surface area contributed by atoms with E-state index in [1.54, 1.807) is 6.08 Å². The van der Waals surface area contributed by atoms with Gasteiger partial charge in [-0.25, -0.2) is 9.79 Å². The molecule has 25 heavy (non-hydrogen) atoms. The van der Waals surface area contributed by atoms with Gasteiger partial charge in [0.05, 0.1) is 19.6 Å². The van der Waals surface area contributed by atoms with E-state index >= 15 is 0 Å². The van der Waals surface area contributed by atoms with Crippen LogP contribution in [0, 0.1) is 0 Å². The van der Waals surface area contributed by atoms with Crippen LogP contribution in [-0.2, 0) is 9.53 Å². The molecular formula is C20H19NO4. The molecule has 2 aromatic rings. The number of rotatable bonds is 7. The summed E-state index contributed by atoms with van der Waals surface area (Å²) in [6.07, 6.45) is 2.13. The highest BCUT2D eigenvalue weighted by atomic mass is 16.6. The van der Waals surface area contributed by atoms with Gasteiger partial charge in [0.2, 0.25) is 5.90 Å². The fourth-order valence-electron chi connectivity index (χ4n) is 2.32. The van der Waals surface area contributed by atoms with Crippen molar-refractivity contribution in [2.45, 2.75) is 13.3 Å². The minimum atomic E-state index is -0.441. The van der Waals surface area contributed by atoms with Crippen LogP contribution in [0.4, 0.5) is 0 Å². The van der Waals surface area contributed by atoms with Crippen LogP contribution in [0.5, 0.6) is 11.5 Å². The molecule has 0 unspecified atom stereocenters. The molecule has 0 atom stereocenters. The zero-order valence-electron chi connectivity index (χ0n) is 14.0. The number of carbonyl (C=O) groups is 1. The molecule has 0 radical (unpaired) electrons. The molecule has 0 N–H and O–H groups in total. The molecule has 0 bridgehead atoms. The number of aliphatic imine (C=N–C) groups is 1. The fraction of sp³-hybridized carbons (Fsp3) is 0.200. The molecule has 0 fully saturated rings. The molecule has 0 aromatic heterocycles. The van der Waals surface area contributed by atoms with Gasteiger partial charge >= 0.3 is 5.97 Å². The van der Waals surface area contributed by atoms with E-state index in [0.29, 0.717) is 31.2 Å². The van der Waals surface area contributed by atoms with Crippen molar-refractivity contribution in [1.82, 2.24) is 0 Å². The number of benzene rings is 2. The van der Waals surface area contributed by atoms with Gasteiger partial charge < -0.3 is 14.2 Å². The summed E-state index contributed by atoms with van der Waals surface area (Å²) >= 11 is 0. The molecule has 0 aliphatic carbocycles. The molecule has 1 heterocycles. The lowest BCUT2D eigenvalue weighted by Crippen LogP contribution is -2.08. The van der Waals surface area contributed by atoms with Crippen LogP contribution in [0.3, 0.4) is 0 Å². The van der Waals surface area contributed by atoms with Crippen LogP contribution in [0.2, 0.25) is 0 Å².